The summed E-state index contributed by atoms with van der Waals surface area (Å²) in [5.74, 6) is 1.99. The minimum absolute atomic E-state index is 0. The van der Waals surface area contributed by atoms with E-state index < -0.39 is 0 Å². The summed E-state index contributed by atoms with van der Waals surface area (Å²) in [5, 5.41) is 6.17. The fourth-order valence-electron chi connectivity index (χ4n) is 3.13. The van der Waals surface area contributed by atoms with Gasteiger partial charge in [-0.3, -0.25) is 4.79 Å². The number of nitrogens with zero attached hydrogens (tertiary/aromatic N) is 2. The van der Waals surface area contributed by atoms with Crippen LogP contribution in [0.2, 0.25) is 0 Å². The van der Waals surface area contributed by atoms with Gasteiger partial charge in [0.2, 0.25) is 5.91 Å². The molecule has 1 heterocycles. The number of hydrogen-bond donors (Lipinski definition) is 2. The van der Waals surface area contributed by atoms with E-state index >= 15 is 0 Å². The number of anilines is 1. The molecular weight excluding hydrogens is 459 g/mol. The van der Waals surface area contributed by atoms with Gasteiger partial charge in [0.05, 0.1) is 25.9 Å². The Morgan fingerprint density at radius 2 is 2.15 bits per heavy atom. The predicted octanol–water partition coefficient (Wildman–Crippen LogP) is 2.71. The Morgan fingerprint density at radius 3 is 2.78 bits per heavy atom. The van der Waals surface area contributed by atoms with E-state index in [4.69, 9.17) is 14.5 Å². The van der Waals surface area contributed by atoms with Crippen molar-refractivity contribution >= 4 is 41.5 Å². The van der Waals surface area contributed by atoms with Crippen molar-refractivity contribution in [1.82, 2.24) is 10.2 Å². The van der Waals surface area contributed by atoms with Crippen molar-refractivity contribution in [2.24, 2.45) is 10.9 Å². The molecule has 2 rings (SSSR count). The fraction of sp³-hybridized carbons (Fsp3) is 0.579. The average Bonchev–Trinajstić information content (AvgIpc) is 3.07. The molecule has 152 valence electrons. The lowest BCUT2D eigenvalue weighted by atomic mass is 10.1. The molecule has 27 heavy (non-hydrogen) atoms. The minimum Gasteiger partial charge on any atom is -0.495 e. The van der Waals surface area contributed by atoms with Crippen LogP contribution in [0, 0.1) is 5.92 Å². The van der Waals surface area contributed by atoms with E-state index in [0.29, 0.717) is 23.9 Å². The van der Waals surface area contributed by atoms with Crippen molar-refractivity contribution in [2.75, 3.05) is 45.8 Å². The largest absolute Gasteiger partial charge is 0.495 e. The summed E-state index contributed by atoms with van der Waals surface area (Å²) in [6.45, 7) is 7.64. The molecule has 0 saturated carbocycles. The van der Waals surface area contributed by atoms with E-state index in [1.165, 1.54) is 6.92 Å². The van der Waals surface area contributed by atoms with Gasteiger partial charge < -0.3 is 25.0 Å². The lowest BCUT2D eigenvalue weighted by Crippen LogP contribution is -2.40. The van der Waals surface area contributed by atoms with Gasteiger partial charge in [-0.1, -0.05) is 6.07 Å². The molecule has 1 atom stereocenters. The summed E-state index contributed by atoms with van der Waals surface area (Å²) in [6, 6.07) is 5.73. The Kier molecular flexibility index (Phi) is 10.5. The maximum atomic E-state index is 11.4. The zero-order chi connectivity index (χ0) is 18.9. The Labute approximate surface area is 178 Å². The number of amides is 1. The second-order valence-electron chi connectivity index (χ2n) is 6.44. The molecule has 1 aliphatic rings. The molecule has 0 radical (unpaired) electrons. The quantitative estimate of drug-likeness (QED) is 0.350. The number of aliphatic imine (C=N–C) groups is 1. The van der Waals surface area contributed by atoms with E-state index in [1.54, 1.807) is 14.2 Å². The maximum absolute atomic E-state index is 11.4. The van der Waals surface area contributed by atoms with Crippen LogP contribution in [0.15, 0.2) is 23.2 Å². The first kappa shape index (κ1) is 23.5. The molecule has 1 saturated heterocycles. The van der Waals surface area contributed by atoms with Gasteiger partial charge >= 0.3 is 0 Å². The molecule has 0 aromatic heterocycles. The number of ether oxygens (including phenoxy) is 2. The lowest BCUT2D eigenvalue weighted by Gasteiger charge is -2.21. The minimum atomic E-state index is -0.126. The van der Waals surface area contributed by atoms with Gasteiger partial charge in [0.15, 0.2) is 5.96 Å². The monoisotopic (exact) mass is 490 g/mol. The zero-order valence-corrected chi connectivity index (χ0v) is 18.9. The van der Waals surface area contributed by atoms with Crippen LogP contribution in [0.5, 0.6) is 5.75 Å². The summed E-state index contributed by atoms with van der Waals surface area (Å²) in [4.78, 5) is 18.4. The molecule has 1 amide bonds. The highest BCUT2D eigenvalue weighted by molar-refractivity contribution is 14.0. The van der Waals surface area contributed by atoms with Gasteiger partial charge in [-0.2, -0.15) is 0 Å². The van der Waals surface area contributed by atoms with E-state index in [-0.39, 0.29) is 29.9 Å². The molecule has 7 nitrogen and oxygen atoms in total. The molecule has 1 unspecified atom stereocenters. The van der Waals surface area contributed by atoms with Crippen molar-refractivity contribution in [2.45, 2.75) is 26.8 Å². The van der Waals surface area contributed by atoms with Crippen LogP contribution in [0.4, 0.5) is 5.69 Å². The number of hydrogen-bond acceptors (Lipinski definition) is 4. The van der Waals surface area contributed by atoms with Crippen LogP contribution in [0.25, 0.3) is 0 Å². The van der Waals surface area contributed by atoms with E-state index in [2.05, 4.69) is 22.5 Å². The summed E-state index contributed by atoms with van der Waals surface area (Å²) >= 11 is 0. The molecular formula is C19H31IN4O3. The number of benzene rings is 1. The van der Waals surface area contributed by atoms with E-state index in [9.17, 15) is 4.79 Å². The number of carbonyl (C=O) groups excluding carboxylic acids is 1. The summed E-state index contributed by atoms with van der Waals surface area (Å²) in [7, 11) is 3.34. The zero-order valence-electron chi connectivity index (χ0n) is 16.6. The predicted molar refractivity (Wildman–Crippen MR) is 119 cm³/mol. The number of carbonyl (C=O) groups is 1. The molecule has 2 N–H and O–H groups in total. The summed E-state index contributed by atoms with van der Waals surface area (Å²) in [6.07, 6.45) is 1.12. The Balaban J connectivity index is 0.00000364. The van der Waals surface area contributed by atoms with Crippen molar-refractivity contribution in [3.63, 3.8) is 0 Å². The Morgan fingerprint density at radius 1 is 1.37 bits per heavy atom. The highest BCUT2D eigenvalue weighted by Gasteiger charge is 2.24. The summed E-state index contributed by atoms with van der Waals surface area (Å²) < 4.78 is 10.6. The average molecular weight is 490 g/mol. The van der Waals surface area contributed by atoms with E-state index in [0.717, 1.165) is 44.2 Å². The van der Waals surface area contributed by atoms with Crippen molar-refractivity contribution in [1.29, 1.82) is 0 Å². The first-order valence-corrected chi connectivity index (χ1v) is 9.04. The topological polar surface area (TPSA) is 75.2 Å². The number of nitrogens with one attached hydrogen (secondary N) is 2. The normalized spacial score (nSPS) is 16.7. The standard InChI is InChI=1S/C19H30N4O3.HI/c1-5-20-19(23-9-8-16(12-23)13-25-3)21-11-15-6-7-18(26-4)17(10-15)22-14(2)24;/h6-7,10,16H,5,8-9,11-13H2,1-4H3,(H,20,21)(H,22,24);1H. The fourth-order valence-corrected chi connectivity index (χ4v) is 3.13. The molecule has 1 aromatic rings. The Bertz CT molecular complexity index is 639. The van der Waals surface area contributed by atoms with Crippen LogP contribution in [0.1, 0.15) is 25.8 Å². The number of guanidine groups is 1. The second-order valence-corrected chi connectivity index (χ2v) is 6.44. The van der Waals surface area contributed by atoms with Gasteiger partial charge in [0, 0.05) is 39.6 Å². The molecule has 1 fully saturated rings. The van der Waals surface area contributed by atoms with Gasteiger partial charge in [-0.25, -0.2) is 4.99 Å². The SMILES string of the molecule is CCNC(=NCc1ccc(OC)c(NC(C)=O)c1)N1CCC(COC)C1.I. The highest BCUT2D eigenvalue weighted by atomic mass is 127. The van der Waals surface area contributed by atoms with Crippen molar-refractivity contribution < 1.29 is 14.3 Å². The third kappa shape index (κ3) is 7.17. The molecule has 0 aliphatic carbocycles. The molecule has 1 aliphatic heterocycles. The van der Waals surface area contributed by atoms with Gasteiger partial charge in [0.1, 0.15) is 5.75 Å². The van der Waals surface area contributed by atoms with Crippen LogP contribution in [0.3, 0.4) is 0 Å². The van der Waals surface area contributed by atoms with Crippen LogP contribution >= 0.6 is 24.0 Å². The van der Waals surface area contributed by atoms with Crippen LogP contribution in [-0.4, -0.2) is 57.2 Å². The van der Waals surface area contributed by atoms with Gasteiger partial charge in [0.25, 0.3) is 0 Å². The lowest BCUT2D eigenvalue weighted by molar-refractivity contribution is -0.114. The number of likely N-dealkylation sites (tertiary alicyclic amines) is 1. The molecule has 0 bridgehead atoms. The summed E-state index contributed by atoms with van der Waals surface area (Å²) in [5.41, 5.74) is 1.68. The van der Waals surface area contributed by atoms with E-state index in [1.807, 2.05) is 18.2 Å². The van der Waals surface area contributed by atoms with Gasteiger partial charge in [-0.05, 0) is 31.0 Å². The molecule has 1 aromatic carbocycles. The molecule has 8 heteroatoms. The van der Waals surface area contributed by atoms with Crippen LogP contribution < -0.4 is 15.4 Å². The first-order valence-electron chi connectivity index (χ1n) is 9.04. The number of methoxy groups -OCH3 is 2. The Hall–Kier alpha value is -1.55. The smallest absolute Gasteiger partial charge is 0.221 e. The second kappa shape index (κ2) is 12.0. The third-order valence-corrected chi connectivity index (χ3v) is 4.31. The van der Waals surface area contributed by atoms with Crippen molar-refractivity contribution in [3.05, 3.63) is 23.8 Å². The van der Waals surface area contributed by atoms with Crippen molar-refractivity contribution in [3.8, 4) is 5.75 Å². The third-order valence-electron chi connectivity index (χ3n) is 4.31. The first-order chi connectivity index (χ1) is 12.6. The highest BCUT2D eigenvalue weighted by Crippen LogP contribution is 2.26. The van der Waals surface area contributed by atoms with Gasteiger partial charge in [-0.15, -0.1) is 24.0 Å². The maximum Gasteiger partial charge on any atom is 0.221 e. The number of rotatable bonds is 7. The van der Waals surface area contributed by atoms with Crippen LogP contribution in [-0.2, 0) is 16.1 Å². The number of halogens is 1. The molecule has 0 spiro atoms.